The Morgan fingerprint density at radius 2 is 1.68 bits per heavy atom. The number of phenolic OH excluding ortho intramolecular Hbond substituents is 1. The van der Waals surface area contributed by atoms with Gasteiger partial charge in [-0.1, -0.05) is 17.7 Å². The monoisotopic (exact) mass is 466 g/mol. The zero-order valence-corrected chi connectivity index (χ0v) is 16.6. The van der Waals surface area contributed by atoms with Gasteiger partial charge in [0.2, 0.25) is 0 Å². The number of aromatic hydroxyl groups is 1. The van der Waals surface area contributed by atoms with Crippen molar-refractivity contribution in [3.05, 3.63) is 63.7 Å². The average Bonchev–Trinajstić information content (AvgIpc) is 2.69. The molecule has 2 aromatic carbocycles. The number of rotatable bonds is 3. The van der Waals surface area contributed by atoms with Gasteiger partial charge in [0.15, 0.2) is 0 Å². The molecular formula is C20H17ClF6N2O2. The second-order valence-corrected chi connectivity index (χ2v) is 7.55. The quantitative estimate of drug-likeness (QED) is 0.643. The number of carbonyl (C=O) groups is 1. The van der Waals surface area contributed by atoms with Gasteiger partial charge in [-0.15, -0.1) is 0 Å². The smallest absolute Gasteiger partial charge is 0.416 e. The molecule has 0 radical (unpaired) electrons. The van der Waals surface area contributed by atoms with E-state index in [2.05, 4.69) is 5.32 Å². The maximum absolute atomic E-state index is 13.1. The molecule has 0 unspecified atom stereocenters. The number of piperazine rings is 1. The molecule has 1 amide bonds. The minimum absolute atomic E-state index is 0.0114. The highest BCUT2D eigenvalue weighted by Gasteiger charge is 2.38. The third kappa shape index (κ3) is 5.43. The van der Waals surface area contributed by atoms with Gasteiger partial charge in [-0.3, -0.25) is 4.79 Å². The Kier molecular flexibility index (Phi) is 6.43. The highest BCUT2D eigenvalue weighted by molar-refractivity contribution is 6.32. The molecule has 0 aromatic heterocycles. The van der Waals surface area contributed by atoms with E-state index in [1.807, 2.05) is 0 Å². The Bertz CT molecular complexity index is 945. The zero-order valence-electron chi connectivity index (χ0n) is 15.8. The summed E-state index contributed by atoms with van der Waals surface area (Å²) in [6, 6.07) is 4.78. The second-order valence-electron chi connectivity index (χ2n) is 7.14. The number of carbonyl (C=O) groups excluding carboxylic acids is 1. The van der Waals surface area contributed by atoms with E-state index in [1.165, 1.54) is 17.0 Å². The van der Waals surface area contributed by atoms with Crippen LogP contribution in [-0.4, -0.2) is 41.6 Å². The number of alkyl halides is 6. The number of nitrogens with one attached hydrogen (secondary N) is 1. The van der Waals surface area contributed by atoms with Gasteiger partial charge in [0.25, 0.3) is 5.91 Å². The number of amides is 1. The molecule has 0 bridgehead atoms. The molecule has 168 valence electrons. The van der Waals surface area contributed by atoms with E-state index in [9.17, 15) is 36.2 Å². The van der Waals surface area contributed by atoms with E-state index in [0.29, 0.717) is 24.2 Å². The first kappa shape index (κ1) is 23.2. The van der Waals surface area contributed by atoms with Gasteiger partial charge in [0.1, 0.15) is 5.75 Å². The summed E-state index contributed by atoms with van der Waals surface area (Å²) in [6.45, 7) is 0.708. The van der Waals surface area contributed by atoms with Gasteiger partial charge >= 0.3 is 12.4 Å². The maximum atomic E-state index is 13.1. The van der Waals surface area contributed by atoms with Crippen LogP contribution in [0.3, 0.4) is 0 Å². The van der Waals surface area contributed by atoms with Crippen LogP contribution in [-0.2, 0) is 18.8 Å². The van der Waals surface area contributed by atoms with Crippen molar-refractivity contribution in [2.45, 2.75) is 24.8 Å². The van der Waals surface area contributed by atoms with Crippen molar-refractivity contribution >= 4 is 17.5 Å². The third-order valence-corrected chi connectivity index (χ3v) is 5.25. The first-order valence-corrected chi connectivity index (χ1v) is 9.52. The second kappa shape index (κ2) is 8.58. The Hall–Kier alpha value is -2.46. The van der Waals surface area contributed by atoms with E-state index in [1.54, 1.807) is 6.07 Å². The van der Waals surface area contributed by atoms with Crippen LogP contribution in [0.4, 0.5) is 26.3 Å². The van der Waals surface area contributed by atoms with Crippen molar-refractivity contribution in [3.8, 4) is 5.75 Å². The van der Waals surface area contributed by atoms with Crippen LogP contribution in [0.15, 0.2) is 36.4 Å². The number of halogens is 7. The van der Waals surface area contributed by atoms with E-state index in [4.69, 9.17) is 11.6 Å². The lowest BCUT2D eigenvalue weighted by Gasteiger charge is -2.36. The van der Waals surface area contributed by atoms with Gasteiger partial charge in [0.05, 0.1) is 16.1 Å². The molecule has 1 aliphatic rings. The van der Waals surface area contributed by atoms with Gasteiger partial charge < -0.3 is 15.3 Å². The molecule has 0 saturated carbocycles. The predicted octanol–water partition coefficient (Wildman–Crippen LogP) is 4.74. The summed E-state index contributed by atoms with van der Waals surface area (Å²) < 4.78 is 78.8. The summed E-state index contributed by atoms with van der Waals surface area (Å²) in [7, 11) is 0. The summed E-state index contributed by atoms with van der Waals surface area (Å²) in [4.78, 5) is 14.2. The minimum Gasteiger partial charge on any atom is -0.506 e. The molecule has 1 heterocycles. The van der Waals surface area contributed by atoms with Crippen LogP contribution < -0.4 is 5.32 Å². The first-order valence-electron chi connectivity index (χ1n) is 9.15. The number of hydrogen-bond donors (Lipinski definition) is 2. The molecule has 1 aliphatic heterocycles. The summed E-state index contributed by atoms with van der Waals surface area (Å²) in [6.07, 6.45) is -9.87. The van der Waals surface area contributed by atoms with Gasteiger partial charge in [-0.25, -0.2) is 0 Å². The van der Waals surface area contributed by atoms with Gasteiger partial charge in [-0.05, 0) is 42.3 Å². The Morgan fingerprint density at radius 1 is 1.06 bits per heavy atom. The standard InChI is InChI=1S/C20H17ClF6N2O2/c21-16-2-1-11(6-17(16)30)5-15-10-28-3-4-29(15)18(31)12-7-13(19(22,23)24)9-14(8-12)20(25,26)27/h1-2,6-9,15,28,30H,3-5,10H2/t15-/m1/s1. The lowest BCUT2D eigenvalue weighted by molar-refractivity contribution is -0.143. The van der Waals surface area contributed by atoms with E-state index in [0.717, 1.165) is 0 Å². The van der Waals surface area contributed by atoms with Gasteiger partial charge in [0, 0.05) is 31.2 Å². The molecule has 11 heteroatoms. The van der Waals surface area contributed by atoms with Crippen molar-refractivity contribution in [1.29, 1.82) is 0 Å². The average molecular weight is 467 g/mol. The van der Waals surface area contributed by atoms with Crippen LogP contribution in [0.25, 0.3) is 0 Å². The number of phenols is 1. The largest absolute Gasteiger partial charge is 0.506 e. The molecule has 1 saturated heterocycles. The molecule has 4 nitrogen and oxygen atoms in total. The van der Waals surface area contributed by atoms with Crippen LogP contribution in [0.1, 0.15) is 27.0 Å². The van der Waals surface area contributed by atoms with Crippen molar-refractivity contribution in [2.75, 3.05) is 19.6 Å². The molecule has 1 fully saturated rings. The zero-order chi connectivity index (χ0) is 23.0. The predicted molar refractivity (Wildman–Crippen MR) is 101 cm³/mol. The van der Waals surface area contributed by atoms with E-state index < -0.39 is 41.0 Å². The van der Waals surface area contributed by atoms with Crippen LogP contribution in [0.5, 0.6) is 5.75 Å². The lowest BCUT2D eigenvalue weighted by Crippen LogP contribution is -2.54. The van der Waals surface area contributed by atoms with Crippen molar-refractivity contribution < 1.29 is 36.2 Å². The third-order valence-electron chi connectivity index (χ3n) is 4.93. The minimum atomic E-state index is -5.04. The van der Waals surface area contributed by atoms with E-state index in [-0.39, 0.29) is 36.3 Å². The molecule has 0 spiro atoms. The van der Waals surface area contributed by atoms with E-state index >= 15 is 0 Å². The van der Waals surface area contributed by atoms with Crippen LogP contribution in [0, 0.1) is 0 Å². The van der Waals surface area contributed by atoms with Crippen molar-refractivity contribution in [3.63, 3.8) is 0 Å². The fourth-order valence-corrected chi connectivity index (χ4v) is 3.53. The van der Waals surface area contributed by atoms with Crippen LogP contribution in [0.2, 0.25) is 5.02 Å². The Morgan fingerprint density at radius 3 is 2.23 bits per heavy atom. The topological polar surface area (TPSA) is 52.6 Å². The summed E-state index contributed by atoms with van der Waals surface area (Å²) in [5, 5.41) is 12.9. The van der Waals surface area contributed by atoms with Crippen molar-refractivity contribution in [1.82, 2.24) is 10.2 Å². The summed E-state index contributed by atoms with van der Waals surface area (Å²) >= 11 is 5.78. The van der Waals surface area contributed by atoms with Crippen LogP contribution >= 0.6 is 11.6 Å². The van der Waals surface area contributed by atoms with Crippen molar-refractivity contribution in [2.24, 2.45) is 0 Å². The fourth-order valence-electron chi connectivity index (χ4n) is 3.41. The molecule has 31 heavy (non-hydrogen) atoms. The maximum Gasteiger partial charge on any atom is 0.416 e. The molecule has 2 aromatic rings. The molecule has 2 N–H and O–H groups in total. The highest BCUT2D eigenvalue weighted by atomic mass is 35.5. The normalized spacial score (nSPS) is 17.6. The molecular weight excluding hydrogens is 450 g/mol. The number of benzene rings is 2. The Labute approximate surface area is 178 Å². The SMILES string of the molecule is O=C(c1cc(C(F)(F)F)cc(C(F)(F)F)c1)N1CCNC[C@H]1Cc1ccc(Cl)c(O)c1. The number of hydrogen-bond acceptors (Lipinski definition) is 3. The van der Waals surface area contributed by atoms with Gasteiger partial charge in [-0.2, -0.15) is 26.3 Å². The molecule has 0 aliphatic carbocycles. The fraction of sp³-hybridized carbons (Fsp3) is 0.350. The summed E-state index contributed by atoms with van der Waals surface area (Å²) in [5.74, 6) is -1.10. The Balaban J connectivity index is 1.94. The molecule has 3 rings (SSSR count). The first-order chi connectivity index (χ1) is 14.4. The summed E-state index contributed by atoms with van der Waals surface area (Å²) in [5.41, 5.74) is -3.17. The highest BCUT2D eigenvalue weighted by Crippen LogP contribution is 2.36. The lowest BCUT2D eigenvalue weighted by atomic mass is 9.99. The number of nitrogens with zero attached hydrogens (tertiary/aromatic N) is 1. The molecule has 1 atom stereocenters.